The first-order valence-corrected chi connectivity index (χ1v) is 9.77. The molecule has 2 rings (SSSR count). The van der Waals surface area contributed by atoms with Crippen LogP contribution in [0.2, 0.25) is 10.0 Å². The van der Waals surface area contributed by atoms with E-state index < -0.39 is 15.9 Å². The summed E-state index contributed by atoms with van der Waals surface area (Å²) in [5.41, 5.74) is 4.65. The molecule has 3 N–H and O–H groups in total. The molecular formula is C16H11Cl2N5O3S. The Morgan fingerprint density at radius 3 is 2.33 bits per heavy atom. The fourth-order valence-corrected chi connectivity index (χ4v) is 3.13. The number of rotatable bonds is 4. The number of halogens is 2. The quantitative estimate of drug-likeness (QED) is 0.645. The van der Waals surface area contributed by atoms with Gasteiger partial charge in [0.25, 0.3) is 0 Å². The molecule has 138 valence electrons. The van der Waals surface area contributed by atoms with Gasteiger partial charge in [-0.2, -0.15) is 10.5 Å². The highest BCUT2D eigenvalue weighted by molar-refractivity contribution is 7.90. The lowest BCUT2D eigenvalue weighted by molar-refractivity contribution is 0.254. The van der Waals surface area contributed by atoms with Crippen molar-refractivity contribution in [2.24, 2.45) is 0 Å². The number of sulfone groups is 1. The van der Waals surface area contributed by atoms with E-state index in [0.717, 1.165) is 18.4 Å². The van der Waals surface area contributed by atoms with Crippen LogP contribution in [-0.4, -0.2) is 20.7 Å². The third-order valence-electron chi connectivity index (χ3n) is 3.26. The lowest BCUT2D eigenvalue weighted by Gasteiger charge is -2.13. The van der Waals surface area contributed by atoms with Gasteiger partial charge in [0, 0.05) is 11.3 Å². The van der Waals surface area contributed by atoms with Gasteiger partial charge in [-0.05, 0) is 30.3 Å². The number of amides is 2. The number of hydrogen-bond donors (Lipinski definition) is 3. The topological polar surface area (TPSA) is 135 Å². The summed E-state index contributed by atoms with van der Waals surface area (Å²) in [6.45, 7) is 0. The second kappa shape index (κ2) is 8.14. The monoisotopic (exact) mass is 423 g/mol. The number of carbonyl (C=O) groups excluding carboxylic acids is 1. The number of anilines is 2. The molecule has 0 heterocycles. The largest absolute Gasteiger partial charge is 0.337 e. The first kappa shape index (κ1) is 20.3. The van der Waals surface area contributed by atoms with Crippen molar-refractivity contribution >= 4 is 50.4 Å². The molecular weight excluding hydrogens is 413 g/mol. The highest BCUT2D eigenvalue weighted by atomic mass is 35.5. The average molecular weight is 424 g/mol. The maximum absolute atomic E-state index is 12.0. The van der Waals surface area contributed by atoms with Crippen molar-refractivity contribution in [3.63, 3.8) is 0 Å². The zero-order chi connectivity index (χ0) is 20.2. The molecule has 2 amide bonds. The molecule has 0 spiro atoms. The van der Waals surface area contributed by atoms with Gasteiger partial charge in [0.05, 0.1) is 32.4 Å². The molecule has 2 aromatic rings. The Labute approximate surface area is 165 Å². The minimum Gasteiger partial charge on any atom is -0.305 e. The first-order chi connectivity index (χ1) is 12.7. The van der Waals surface area contributed by atoms with E-state index in [1.165, 1.54) is 18.2 Å². The second-order valence-corrected chi connectivity index (χ2v) is 8.08. The van der Waals surface area contributed by atoms with Crippen LogP contribution in [0.3, 0.4) is 0 Å². The van der Waals surface area contributed by atoms with Crippen LogP contribution in [0.15, 0.2) is 35.2 Å². The Kier molecular flexibility index (Phi) is 6.13. The molecule has 0 bridgehead atoms. The molecule has 0 aromatic heterocycles. The van der Waals surface area contributed by atoms with Gasteiger partial charge in [-0.25, -0.2) is 13.2 Å². The van der Waals surface area contributed by atoms with Crippen molar-refractivity contribution < 1.29 is 13.2 Å². The highest BCUT2D eigenvalue weighted by Gasteiger charge is 2.17. The summed E-state index contributed by atoms with van der Waals surface area (Å²) in [7, 11) is -3.64. The van der Waals surface area contributed by atoms with Crippen LogP contribution in [-0.2, 0) is 9.84 Å². The normalized spacial score (nSPS) is 10.4. The predicted octanol–water partition coefficient (Wildman–Crippen LogP) is 3.29. The van der Waals surface area contributed by atoms with Crippen LogP contribution in [0.5, 0.6) is 0 Å². The molecule has 0 aliphatic carbocycles. The number of nitrogens with zero attached hydrogens (tertiary/aromatic N) is 2. The Morgan fingerprint density at radius 1 is 1.07 bits per heavy atom. The van der Waals surface area contributed by atoms with Gasteiger partial charge in [-0.15, -0.1) is 0 Å². The Hall–Kier alpha value is -2.98. The van der Waals surface area contributed by atoms with Gasteiger partial charge in [-0.3, -0.25) is 10.9 Å². The molecule has 0 saturated carbocycles. The molecule has 0 aliphatic rings. The van der Waals surface area contributed by atoms with Crippen molar-refractivity contribution in [3.8, 4) is 12.1 Å². The summed E-state index contributed by atoms with van der Waals surface area (Å²) in [4.78, 5) is 11.8. The molecule has 0 fully saturated rings. The van der Waals surface area contributed by atoms with Crippen LogP contribution in [0.4, 0.5) is 16.2 Å². The van der Waals surface area contributed by atoms with Crippen LogP contribution in [0.25, 0.3) is 0 Å². The van der Waals surface area contributed by atoms with Crippen LogP contribution in [0, 0.1) is 22.7 Å². The van der Waals surface area contributed by atoms with Crippen molar-refractivity contribution in [2.75, 3.05) is 17.0 Å². The zero-order valence-corrected chi connectivity index (χ0v) is 16.0. The van der Waals surface area contributed by atoms with E-state index in [2.05, 4.69) is 16.2 Å². The van der Waals surface area contributed by atoms with Crippen LogP contribution in [0.1, 0.15) is 11.1 Å². The molecule has 0 radical (unpaired) electrons. The number of carbonyl (C=O) groups is 1. The van der Waals surface area contributed by atoms with Gasteiger partial charge in [0.1, 0.15) is 12.1 Å². The maximum atomic E-state index is 12.0. The average Bonchev–Trinajstić information content (AvgIpc) is 2.60. The third kappa shape index (κ3) is 5.02. The van der Waals surface area contributed by atoms with E-state index in [-0.39, 0.29) is 32.4 Å². The number of nitrogens with one attached hydrogen (secondary N) is 3. The van der Waals surface area contributed by atoms with Gasteiger partial charge in [0.2, 0.25) is 0 Å². The van der Waals surface area contributed by atoms with E-state index in [9.17, 15) is 18.5 Å². The molecule has 2 aromatic carbocycles. The number of nitriles is 2. The van der Waals surface area contributed by atoms with Crippen LogP contribution >= 0.6 is 23.2 Å². The van der Waals surface area contributed by atoms with Crippen molar-refractivity contribution in [1.82, 2.24) is 5.43 Å². The van der Waals surface area contributed by atoms with Gasteiger partial charge >= 0.3 is 6.03 Å². The SMILES string of the molecule is CS(=O)(=O)c1cc(C#N)c(C#N)c(NNC(=O)Nc2ccc(Cl)cc2Cl)c1. The number of hydrogen-bond acceptors (Lipinski definition) is 6. The van der Waals surface area contributed by atoms with Gasteiger partial charge in [0.15, 0.2) is 9.84 Å². The fraction of sp³-hybridized carbons (Fsp3) is 0.0625. The Bertz CT molecular complexity index is 1100. The smallest absolute Gasteiger partial charge is 0.305 e. The summed E-state index contributed by atoms with van der Waals surface area (Å²) in [6, 6.07) is 9.49. The summed E-state index contributed by atoms with van der Waals surface area (Å²) >= 11 is 11.7. The van der Waals surface area contributed by atoms with Gasteiger partial charge < -0.3 is 5.32 Å². The first-order valence-electron chi connectivity index (χ1n) is 7.12. The summed E-state index contributed by atoms with van der Waals surface area (Å²) < 4.78 is 23.5. The van der Waals surface area contributed by atoms with E-state index in [4.69, 9.17) is 28.5 Å². The molecule has 8 nitrogen and oxygen atoms in total. The number of urea groups is 1. The van der Waals surface area contributed by atoms with E-state index in [1.807, 2.05) is 0 Å². The standard InChI is InChI=1S/C16H11Cl2N5O3S/c1-27(25,26)11-4-9(7-19)12(8-20)15(6-11)22-23-16(24)21-14-3-2-10(17)5-13(14)18/h2-6,22H,1H3,(H2,21,23,24). The summed E-state index contributed by atoms with van der Waals surface area (Å²) in [5.74, 6) is 0. The van der Waals surface area contributed by atoms with Crippen molar-refractivity contribution in [1.29, 1.82) is 10.5 Å². The highest BCUT2D eigenvalue weighted by Crippen LogP contribution is 2.26. The lowest BCUT2D eigenvalue weighted by atomic mass is 10.1. The zero-order valence-electron chi connectivity index (χ0n) is 13.7. The predicted molar refractivity (Wildman–Crippen MR) is 101 cm³/mol. The maximum Gasteiger partial charge on any atom is 0.337 e. The molecule has 0 saturated heterocycles. The van der Waals surface area contributed by atoms with Crippen molar-refractivity contribution in [3.05, 3.63) is 51.5 Å². The molecule has 11 heteroatoms. The Morgan fingerprint density at radius 2 is 1.78 bits per heavy atom. The Balaban J connectivity index is 2.25. The van der Waals surface area contributed by atoms with Crippen molar-refractivity contribution in [2.45, 2.75) is 4.90 Å². The molecule has 27 heavy (non-hydrogen) atoms. The summed E-state index contributed by atoms with van der Waals surface area (Å²) in [5, 5.41) is 21.4. The summed E-state index contributed by atoms with van der Waals surface area (Å²) in [6.07, 6.45) is 0.960. The number of hydrazine groups is 1. The minimum absolute atomic E-state index is 0.0469. The molecule has 0 unspecified atom stereocenters. The lowest BCUT2D eigenvalue weighted by Crippen LogP contribution is -2.34. The van der Waals surface area contributed by atoms with Gasteiger partial charge in [-0.1, -0.05) is 23.2 Å². The number of benzene rings is 2. The third-order valence-corrected chi connectivity index (χ3v) is 4.90. The van der Waals surface area contributed by atoms with E-state index in [0.29, 0.717) is 5.02 Å². The second-order valence-electron chi connectivity index (χ2n) is 5.22. The van der Waals surface area contributed by atoms with Crippen LogP contribution < -0.4 is 16.2 Å². The van der Waals surface area contributed by atoms with E-state index in [1.54, 1.807) is 12.1 Å². The van der Waals surface area contributed by atoms with E-state index >= 15 is 0 Å². The minimum atomic E-state index is -3.64. The molecule has 0 aliphatic heterocycles. The molecule has 0 atom stereocenters. The fourth-order valence-electron chi connectivity index (χ4n) is 2.01.